The molecular weight excluding hydrogens is 370 g/mol. The van der Waals surface area contributed by atoms with Gasteiger partial charge in [0, 0.05) is 39.4 Å². The monoisotopic (exact) mass is 399 g/mol. The van der Waals surface area contributed by atoms with E-state index in [9.17, 15) is 0 Å². The van der Waals surface area contributed by atoms with Gasteiger partial charge in [-0.05, 0) is 38.4 Å². The molecule has 3 heterocycles. The first-order chi connectivity index (χ1) is 13.7. The number of benzene rings is 1. The Morgan fingerprint density at radius 1 is 1.29 bits per heavy atom. The lowest BCUT2D eigenvalue weighted by atomic mass is 10.1. The number of amidine groups is 1. The maximum absolute atomic E-state index is 5.33. The summed E-state index contributed by atoms with van der Waals surface area (Å²) in [5, 5.41) is 5.88. The van der Waals surface area contributed by atoms with E-state index in [1.54, 1.807) is 18.4 Å². The van der Waals surface area contributed by atoms with E-state index in [2.05, 4.69) is 47.3 Å². The SMILES string of the molecule is CCCc1nc2c(s1)Nc1ccccc1N=C2N1CCN(C)[C@@H](CCOC)C1. The van der Waals surface area contributed by atoms with Gasteiger partial charge in [0.1, 0.15) is 10.7 Å². The first kappa shape index (κ1) is 19.4. The van der Waals surface area contributed by atoms with Crippen LogP contribution in [-0.2, 0) is 11.2 Å². The van der Waals surface area contributed by atoms with Crippen LogP contribution in [0, 0.1) is 0 Å². The number of ether oxygens (including phenoxy) is 1. The average Bonchev–Trinajstić information content (AvgIpc) is 3.02. The molecule has 0 unspecified atom stereocenters. The van der Waals surface area contributed by atoms with Crippen LogP contribution in [0.4, 0.5) is 16.4 Å². The summed E-state index contributed by atoms with van der Waals surface area (Å²) in [4.78, 5) is 14.9. The van der Waals surface area contributed by atoms with Gasteiger partial charge in [0.05, 0.1) is 16.4 Å². The van der Waals surface area contributed by atoms with Gasteiger partial charge in [0.15, 0.2) is 5.84 Å². The van der Waals surface area contributed by atoms with Crippen LogP contribution >= 0.6 is 11.3 Å². The highest BCUT2D eigenvalue weighted by Gasteiger charge is 2.31. The van der Waals surface area contributed by atoms with Crippen molar-refractivity contribution in [2.24, 2.45) is 4.99 Å². The van der Waals surface area contributed by atoms with E-state index in [0.717, 1.165) is 73.4 Å². The molecule has 0 spiro atoms. The first-order valence-corrected chi connectivity index (χ1v) is 10.9. The molecule has 1 N–H and O–H groups in total. The molecule has 0 aliphatic carbocycles. The molecule has 0 saturated carbocycles. The van der Waals surface area contributed by atoms with Gasteiger partial charge in [-0.15, -0.1) is 11.3 Å². The molecule has 1 saturated heterocycles. The van der Waals surface area contributed by atoms with Gasteiger partial charge in [0.25, 0.3) is 0 Å². The number of aromatic nitrogens is 1. The Morgan fingerprint density at radius 2 is 2.14 bits per heavy atom. The smallest absolute Gasteiger partial charge is 0.158 e. The number of para-hydroxylation sites is 2. The molecule has 150 valence electrons. The topological polar surface area (TPSA) is 53.0 Å². The van der Waals surface area contributed by atoms with E-state index in [1.165, 1.54) is 5.01 Å². The normalized spacial score (nSPS) is 19.5. The molecule has 28 heavy (non-hydrogen) atoms. The van der Waals surface area contributed by atoms with E-state index in [0.29, 0.717) is 6.04 Å². The molecule has 2 aliphatic rings. The third-order valence-corrected chi connectivity index (χ3v) is 6.49. The summed E-state index contributed by atoms with van der Waals surface area (Å²) in [6, 6.07) is 8.72. The zero-order valence-corrected chi connectivity index (χ0v) is 17.8. The third-order valence-electron chi connectivity index (χ3n) is 5.46. The summed E-state index contributed by atoms with van der Waals surface area (Å²) in [5.74, 6) is 1.00. The number of hydrogen-bond acceptors (Lipinski definition) is 7. The molecule has 4 rings (SSSR count). The van der Waals surface area contributed by atoms with Crippen LogP contribution in [0.2, 0.25) is 0 Å². The molecule has 0 amide bonds. The number of aliphatic imine (C=N–C) groups is 1. The Kier molecular flexibility index (Phi) is 5.94. The van der Waals surface area contributed by atoms with Gasteiger partial charge in [-0.2, -0.15) is 0 Å². The lowest BCUT2D eigenvalue weighted by molar-refractivity contribution is 0.100. The van der Waals surface area contributed by atoms with Crippen molar-refractivity contribution < 1.29 is 4.74 Å². The minimum Gasteiger partial charge on any atom is -0.385 e. The number of nitrogens with one attached hydrogen (secondary N) is 1. The summed E-state index contributed by atoms with van der Waals surface area (Å²) in [7, 11) is 3.98. The number of methoxy groups -OCH3 is 1. The van der Waals surface area contributed by atoms with Crippen molar-refractivity contribution in [3.05, 3.63) is 35.0 Å². The second kappa shape index (κ2) is 8.59. The van der Waals surface area contributed by atoms with E-state index in [4.69, 9.17) is 14.7 Å². The Labute approximate surface area is 171 Å². The Bertz CT molecular complexity index is 849. The number of anilines is 2. The van der Waals surface area contributed by atoms with Crippen molar-refractivity contribution in [2.75, 3.05) is 45.7 Å². The average molecular weight is 400 g/mol. The summed E-state index contributed by atoms with van der Waals surface area (Å²) in [5.41, 5.74) is 3.03. The first-order valence-electron chi connectivity index (χ1n) is 10.1. The largest absolute Gasteiger partial charge is 0.385 e. The Balaban J connectivity index is 1.70. The molecule has 2 aliphatic heterocycles. The number of likely N-dealkylation sites (N-methyl/N-ethyl adjacent to an activating group) is 1. The van der Waals surface area contributed by atoms with Crippen LogP contribution < -0.4 is 5.32 Å². The molecule has 1 fully saturated rings. The van der Waals surface area contributed by atoms with Crippen LogP contribution in [0.3, 0.4) is 0 Å². The van der Waals surface area contributed by atoms with Crippen molar-refractivity contribution in [3.63, 3.8) is 0 Å². The van der Waals surface area contributed by atoms with Gasteiger partial charge in [-0.25, -0.2) is 9.98 Å². The van der Waals surface area contributed by atoms with Crippen molar-refractivity contribution in [1.82, 2.24) is 14.8 Å². The lowest BCUT2D eigenvalue weighted by Gasteiger charge is -2.40. The van der Waals surface area contributed by atoms with Crippen LogP contribution in [0.15, 0.2) is 29.3 Å². The Hall–Kier alpha value is -1.96. The number of rotatable bonds is 5. The van der Waals surface area contributed by atoms with E-state index >= 15 is 0 Å². The summed E-state index contributed by atoms with van der Waals surface area (Å²) >= 11 is 1.76. The fraction of sp³-hybridized carbons (Fsp3) is 0.524. The van der Waals surface area contributed by atoms with E-state index < -0.39 is 0 Å². The van der Waals surface area contributed by atoms with Crippen LogP contribution in [0.1, 0.15) is 30.5 Å². The summed E-state index contributed by atoms with van der Waals surface area (Å²) < 4.78 is 5.33. The summed E-state index contributed by atoms with van der Waals surface area (Å²) in [6.07, 6.45) is 3.13. The third kappa shape index (κ3) is 3.92. The minimum absolute atomic E-state index is 0.458. The zero-order valence-electron chi connectivity index (χ0n) is 16.9. The predicted molar refractivity (Wildman–Crippen MR) is 117 cm³/mol. The van der Waals surface area contributed by atoms with E-state index in [1.807, 2.05) is 6.07 Å². The van der Waals surface area contributed by atoms with Crippen molar-refractivity contribution in [2.45, 2.75) is 32.2 Å². The molecule has 1 aromatic heterocycles. The molecule has 7 heteroatoms. The van der Waals surface area contributed by atoms with Crippen LogP contribution in [-0.4, -0.2) is 67.1 Å². The Morgan fingerprint density at radius 3 is 2.96 bits per heavy atom. The lowest BCUT2D eigenvalue weighted by Crippen LogP contribution is -2.53. The van der Waals surface area contributed by atoms with E-state index in [-0.39, 0.29) is 0 Å². The minimum atomic E-state index is 0.458. The molecular formula is C21H29N5OS. The predicted octanol–water partition coefficient (Wildman–Crippen LogP) is 3.88. The van der Waals surface area contributed by atoms with Gasteiger partial charge >= 0.3 is 0 Å². The van der Waals surface area contributed by atoms with Gasteiger partial charge in [-0.3, -0.25) is 4.90 Å². The number of piperazine rings is 1. The number of thiazole rings is 1. The van der Waals surface area contributed by atoms with Gasteiger partial charge in [-0.1, -0.05) is 19.1 Å². The highest BCUT2D eigenvalue weighted by Crippen LogP contribution is 2.38. The highest BCUT2D eigenvalue weighted by atomic mass is 32.1. The number of hydrogen-bond donors (Lipinski definition) is 1. The highest BCUT2D eigenvalue weighted by molar-refractivity contribution is 7.16. The molecule has 1 atom stereocenters. The standard InChI is InChI=1S/C21H29N5OS/c1-4-7-18-24-19-20(26-12-11-25(2)15(14-26)10-13-27-3)22-16-8-5-6-9-17(16)23-21(19)28-18/h5-6,8-9,15,23H,4,7,10-14H2,1-3H3/t15-/m0/s1. The molecule has 2 aromatic rings. The maximum Gasteiger partial charge on any atom is 0.158 e. The molecule has 6 nitrogen and oxygen atoms in total. The van der Waals surface area contributed by atoms with Crippen molar-refractivity contribution in [1.29, 1.82) is 0 Å². The fourth-order valence-corrected chi connectivity index (χ4v) is 4.89. The van der Waals surface area contributed by atoms with Crippen molar-refractivity contribution in [3.8, 4) is 0 Å². The van der Waals surface area contributed by atoms with Crippen molar-refractivity contribution >= 4 is 33.5 Å². The second-order valence-electron chi connectivity index (χ2n) is 7.47. The number of nitrogens with zero attached hydrogens (tertiary/aromatic N) is 4. The quantitative estimate of drug-likeness (QED) is 0.827. The number of fused-ring (bicyclic) bond motifs is 2. The molecule has 0 bridgehead atoms. The molecule has 1 aromatic carbocycles. The summed E-state index contributed by atoms with van der Waals surface area (Å²) in [6.45, 7) is 5.90. The van der Waals surface area contributed by atoms with Crippen LogP contribution in [0.25, 0.3) is 0 Å². The maximum atomic E-state index is 5.33. The fourth-order valence-electron chi connectivity index (χ4n) is 3.81. The van der Waals surface area contributed by atoms with Crippen LogP contribution in [0.5, 0.6) is 0 Å². The van der Waals surface area contributed by atoms with Gasteiger partial charge < -0.3 is 15.0 Å². The van der Waals surface area contributed by atoms with Gasteiger partial charge in [0.2, 0.25) is 0 Å². The molecule has 0 radical (unpaired) electrons. The number of aryl methyl sites for hydroxylation is 1. The second-order valence-corrected chi connectivity index (χ2v) is 8.56. The zero-order chi connectivity index (χ0) is 19.5.